The predicted molar refractivity (Wildman–Crippen MR) is 71.6 cm³/mol. The van der Waals surface area contributed by atoms with Gasteiger partial charge in [-0.3, -0.25) is 0 Å². The van der Waals surface area contributed by atoms with Crippen LogP contribution in [0.15, 0.2) is 28.7 Å². The van der Waals surface area contributed by atoms with E-state index in [1.807, 2.05) is 0 Å². The average molecular weight is 283 g/mol. The second-order valence-corrected chi connectivity index (χ2v) is 5.37. The molecule has 1 aromatic carbocycles. The van der Waals surface area contributed by atoms with E-state index < -0.39 is 0 Å². The number of hydrogen-bond acceptors (Lipinski definition) is 2. The van der Waals surface area contributed by atoms with Crippen molar-refractivity contribution >= 4 is 15.9 Å². The SMILES string of the molecule is NCC(c1ccc(Br)cc1)C1CCCCN1. The third kappa shape index (κ3) is 2.84. The van der Waals surface area contributed by atoms with Crippen LogP contribution in [-0.4, -0.2) is 19.1 Å². The molecule has 2 nitrogen and oxygen atoms in total. The third-order valence-electron chi connectivity index (χ3n) is 3.39. The van der Waals surface area contributed by atoms with Crippen molar-refractivity contribution in [3.05, 3.63) is 34.3 Å². The van der Waals surface area contributed by atoms with Crippen molar-refractivity contribution in [3.8, 4) is 0 Å². The fourth-order valence-electron chi connectivity index (χ4n) is 2.46. The van der Waals surface area contributed by atoms with Crippen molar-refractivity contribution in [3.63, 3.8) is 0 Å². The molecule has 0 radical (unpaired) electrons. The minimum atomic E-state index is 0.452. The summed E-state index contributed by atoms with van der Waals surface area (Å²) in [5.41, 5.74) is 7.27. The maximum Gasteiger partial charge on any atom is 0.0175 e. The summed E-state index contributed by atoms with van der Waals surface area (Å²) < 4.78 is 1.13. The molecule has 3 heteroatoms. The first-order chi connectivity index (χ1) is 7.81. The van der Waals surface area contributed by atoms with E-state index in [0.29, 0.717) is 12.0 Å². The number of nitrogens with one attached hydrogen (secondary N) is 1. The second-order valence-electron chi connectivity index (χ2n) is 4.45. The van der Waals surface area contributed by atoms with Gasteiger partial charge >= 0.3 is 0 Å². The molecule has 3 N–H and O–H groups in total. The molecule has 0 amide bonds. The molecule has 0 bridgehead atoms. The van der Waals surface area contributed by atoms with Gasteiger partial charge < -0.3 is 11.1 Å². The monoisotopic (exact) mass is 282 g/mol. The van der Waals surface area contributed by atoms with Gasteiger partial charge in [-0.15, -0.1) is 0 Å². The lowest BCUT2D eigenvalue weighted by Crippen LogP contribution is -2.41. The molecular formula is C13H19BrN2. The summed E-state index contributed by atoms with van der Waals surface area (Å²) >= 11 is 3.47. The number of benzene rings is 1. The van der Waals surface area contributed by atoms with Crippen LogP contribution in [0.2, 0.25) is 0 Å². The summed E-state index contributed by atoms with van der Waals surface area (Å²) in [5, 5.41) is 3.59. The van der Waals surface area contributed by atoms with Gasteiger partial charge in [-0.05, 0) is 37.1 Å². The zero-order chi connectivity index (χ0) is 11.4. The van der Waals surface area contributed by atoms with Crippen LogP contribution in [0.25, 0.3) is 0 Å². The van der Waals surface area contributed by atoms with Crippen LogP contribution in [-0.2, 0) is 0 Å². The van der Waals surface area contributed by atoms with E-state index >= 15 is 0 Å². The fraction of sp³-hybridized carbons (Fsp3) is 0.538. The first-order valence-corrected chi connectivity index (χ1v) is 6.79. The molecule has 1 aromatic rings. The van der Waals surface area contributed by atoms with Gasteiger partial charge in [0, 0.05) is 23.0 Å². The van der Waals surface area contributed by atoms with Gasteiger partial charge in [0.2, 0.25) is 0 Å². The lowest BCUT2D eigenvalue weighted by molar-refractivity contribution is 0.352. The van der Waals surface area contributed by atoms with E-state index in [9.17, 15) is 0 Å². The third-order valence-corrected chi connectivity index (χ3v) is 3.91. The Hall–Kier alpha value is -0.380. The van der Waals surface area contributed by atoms with Crippen LogP contribution < -0.4 is 11.1 Å². The van der Waals surface area contributed by atoms with Crippen LogP contribution in [0.3, 0.4) is 0 Å². The van der Waals surface area contributed by atoms with Crippen molar-refractivity contribution in [2.45, 2.75) is 31.2 Å². The van der Waals surface area contributed by atoms with Gasteiger partial charge in [-0.25, -0.2) is 0 Å². The normalized spacial score (nSPS) is 23.0. The van der Waals surface area contributed by atoms with E-state index in [-0.39, 0.29) is 0 Å². The smallest absolute Gasteiger partial charge is 0.0175 e. The summed E-state index contributed by atoms with van der Waals surface area (Å²) in [6.45, 7) is 1.86. The zero-order valence-corrected chi connectivity index (χ0v) is 11.0. The van der Waals surface area contributed by atoms with E-state index in [0.717, 1.165) is 17.6 Å². The summed E-state index contributed by atoms with van der Waals surface area (Å²) in [6.07, 6.45) is 3.87. The predicted octanol–water partition coefficient (Wildman–Crippen LogP) is 2.63. The highest BCUT2D eigenvalue weighted by Crippen LogP contribution is 2.25. The van der Waals surface area contributed by atoms with Crippen LogP contribution in [0, 0.1) is 0 Å². The first-order valence-electron chi connectivity index (χ1n) is 6.00. The molecule has 1 aliphatic heterocycles. The van der Waals surface area contributed by atoms with E-state index in [2.05, 4.69) is 45.5 Å². The molecule has 2 unspecified atom stereocenters. The Bertz CT molecular complexity index is 317. The second kappa shape index (κ2) is 5.80. The van der Waals surface area contributed by atoms with Crippen molar-refractivity contribution in [1.29, 1.82) is 0 Å². The topological polar surface area (TPSA) is 38.0 Å². The molecule has 0 saturated carbocycles. The highest BCUT2D eigenvalue weighted by atomic mass is 79.9. The minimum absolute atomic E-state index is 0.452. The molecule has 1 saturated heterocycles. The van der Waals surface area contributed by atoms with E-state index in [1.54, 1.807) is 0 Å². The van der Waals surface area contributed by atoms with Crippen LogP contribution in [0.4, 0.5) is 0 Å². The van der Waals surface area contributed by atoms with Gasteiger partial charge in [-0.2, -0.15) is 0 Å². The molecule has 2 rings (SSSR count). The standard InChI is InChI=1S/C13H19BrN2/c14-11-6-4-10(5-7-11)12(9-15)13-3-1-2-8-16-13/h4-7,12-13,16H,1-3,8-9,15H2. The van der Waals surface area contributed by atoms with E-state index in [1.165, 1.54) is 24.8 Å². The largest absolute Gasteiger partial charge is 0.330 e. The number of nitrogens with two attached hydrogens (primary N) is 1. The van der Waals surface area contributed by atoms with Crippen molar-refractivity contribution < 1.29 is 0 Å². The average Bonchev–Trinajstić information content (AvgIpc) is 2.34. The Morgan fingerprint density at radius 3 is 2.62 bits per heavy atom. The zero-order valence-electron chi connectivity index (χ0n) is 9.45. The van der Waals surface area contributed by atoms with Gasteiger partial charge in [-0.1, -0.05) is 34.5 Å². The first kappa shape index (κ1) is 12.1. The summed E-state index contributed by atoms with van der Waals surface area (Å²) in [6, 6.07) is 9.11. The maximum atomic E-state index is 5.92. The Labute approximate surface area is 106 Å². The number of piperidine rings is 1. The number of rotatable bonds is 3. The molecule has 1 aliphatic rings. The Balaban J connectivity index is 2.11. The lowest BCUT2D eigenvalue weighted by Gasteiger charge is -2.31. The van der Waals surface area contributed by atoms with Crippen LogP contribution in [0.1, 0.15) is 30.7 Å². The Morgan fingerprint density at radius 2 is 2.06 bits per heavy atom. The van der Waals surface area contributed by atoms with Gasteiger partial charge in [0.05, 0.1) is 0 Å². The quantitative estimate of drug-likeness (QED) is 0.895. The number of hydrogen-bond donors (Lipinski definition) is 2. The molecule has 0 spiro atoms. The van der Waals surface area contributed by atoms with Crippen molar-refractivity contribution in [1.82, 2.24) is 5.32 Å². The van der Waals surface area contributed by atoms with Crippen LogP contribution >= 0.6 is 15.9 Å². The molecule has 0 aromatic heterocycles. The Kier molecular flexibility index (Phi) is 4.38. The summed E-state index contributed by atoms with van der Waals surface area (Å²) in [7, 11) is 0. The molecule has 1 heterocycles. The summed E-state index contributed by atoms with van der Waals surface area (Å²) in [4.78, 5) is 0. The fourth-order valence-corrected chi connectivity index (χ4v) is 2.73. The lowest BCUT2D eigenvalue weighted by atomic mass is 9.87. The van der Waals surface area contributed by atoms with Gasteiger partial charge in [0.25, 0.3) is 0 Å². The highest BCUT2D eigenvalue weighted by Gasteiger charge is 2.23. The van der Waals surface area contributed by atoms with Gasteiger partial charge in [0.15, 0.2) is 0 Å². The molecule has 16 heavy (non-hydrogen) atoms. The Morgan fingerprint density at radius 1 is 1.31 bits per heavy atom. The maximum absolute atomic E-state index is 5.92. The van der Waals surface area contributed by atoms with Crippen molar-refractivity contribution in [2.24, 2.45) is 5.73 Å². The van der Waals surface area contributed by atoms with Gasteiger partial charge in [0.1, 0.15) is 0 Å². The summed E-state index contributed by atoms with van der Waals surface area (Å²) in [5.74, 6) is 0.452. The highest BCUT2D eigenvalue weighted by molar-refractivity contribution is 9.10. The number of halogens is 1. The molecule has 88 valence electrons. The van der Waals surface area contributed by atoms with Crippen LogP contribution in [0.5, 0.6) is 0 Å². The molecular weight excluding hydrogens is 264 g/mol. The molecule has 1 fully saturated rings. The minimum Gasteiger partial charge on any atom is -0.330 e. The van der Waals surface area contributed by atoms with Crippen molar-refractivity contribution in [2.75, 3.05) is 13.1 Å². The van der Waals surface area contributed by atoms with E-state index in [4.69, 9.17) is 5.73 Å². The molecule has 0 aliphatic carbocycles. The molecule has 2 atom stereocenters.